The summed E-state index contributed by atoms with van der Waals surface area (Å²) in [5.41, 5.74) is 3.53. The van der Waals surface area contributed by atoms with Gasteiger partial charge in [-0.15, -0.1) is 0 Å². The van der Waals surface area contributed by atoms with Gasteiger partial charge in [0.15, 0.2) is 0 Å². The third-order valence-electron chi connectivity index (χ3n) is 3.19. The highest BCUT2D eigenvalue weighted by Crippen LogP contribution is 2.10. The minimum atomic E-state index is -1.43. The Bertz CT molecular complexity index is 862. The fraction of sp³-hybridized carbons (Fsp3) is 0.105. The lowest BCUT2D eigenvalue weighted by molar-refractivity contribution is -0.148. The summed E-state index contributed by atoms with van der Waals surface area (Å²) in [5, 5.41) is 17.7. The summed E-state index contributed by atoms with van der Waals surface area (Å²) >= 11 is 0. The molecule has 0 unspecified atom stereocenters. The molecule has 0 bridgehead atoms. The van der Waals surface area contributed by atoms with E-state index in [1.165, 1.54) is 0 Å². The zero-order valence-electron chi connectivity index (χ0n) is 12.5. The van der Waals surface area contributed by atoms with Crippen LogP contribution in [0.5, 0.6) is 0 Å². The molecule has 0 heterocycles. The maximum atomic E-state index is 11.1. The van der Waals surface area contributed by atoms with Crippen LogP contribution in [0.15, 0.2) is 42.5 Å². The van der Waals surface area contributed by atoms with Crippen molar-refractivity contribution in [3.05, 3.63) is 70.3 Å². The Kier molecular flexibility index (Phi) is 4.92. The Balaban J connectivity index is 2.18. The third-order valence-corrected chi connectivity index (χ3v) is 3.19. The van der Waals surface area contributed by atoms with E-state index in [-0.39, 0.29) is 6.42 Å². The molecule has 2 aromatic carbocycles. The van der Waals surface area contributed by atoms with Crippen LogP contribution in [-0.4, -0.2) is 16.9 Å². The minimum Gasteiger partial charge on any atom is -0.475 e. The topological polar surface area (TPSA) is 78.2 Å². The van der Waals surface area contributed by atoms with Crippen molar-refractivity contribution in [2.45, 2.75) is 13.3 Å². The summed E-state index contributed by atoms with van der Waals surface area (Å²) in [6.07, 6.45) is -0.139. The van der Waals surface area contributed by atoms with Crippen molar-refractivity contribution in [3.63, 3.8) is 0 Å². The summed E-state index contributed by atoms with van der Waals surface area (Å²) in [6.45, 7) is 1.91. The monoisotopic (exact) mass is 303 g/mol. The van der Waals surface area contributed by atoms with Crippen molar-refractivity contribution >= 4 is 11.8 Å². The quantitative estimate of drug-likeness (QED) is 0.698. The zero-order valence-corrected chi connectivity index (χ0v) is 12.5. The Hall–Kier alpha value is -3.37. The molecule has 0 amide bonds. The SMILES string of the molecule is Cc1ccc(C#Cc2ccc(CC(=O)C(=O)O)cc2)c(C#N)c1. The Morgan fingerprint density at radius 3 is 2.35 bits per heavy atom. The highest BCUT2D eigenvalue weighted by atomic mass is 16.4. The summed E-state index contributed by atoms with van der Waals surface area (Å²) in [7, 11) is 0. The Morgan fingerprint density at radius 2 is 1.74 bits per heavy atom. The molecular formula is C19H13NO3. The standard InChI is InChI=1S/C19H13NO3/c1-13-2-8-16(17(10-13)12-20)9-7-14-3-5-15(6-4-14)11-18(21)19(22)23/h2-6,8,10H,11H2,1H3,(H,22,23). The molecular weight excluding hydrogens is 290 g/mol. The Labute approximate surface area is 134 Å². The number of hydrogen-bond acceptors (Lipinski definition) is 3. The van der Waals surface area contributed by atoms with Gasteiger partial charge in [-0.05, 0) is 42.3 Å². The van der Waals surface area contributed by atoms with Crippen LogP contribution in [0.2, 0.25) is 0 Å². The summed E-state index contributed by atoms with van der Waals surface area (Å²) in [6, 6.07) is 14.4. The lowest BCUT2D eigenvalue weighted by atomic mass is 10.0. The number of aryl methyl sites for hydroxylation is 1. The van der Waals surface area contributed by atoms with Gasteiger partial charge in [-0.25, -0.2) is 4.79 Å². The highest BCUT2D eigenvalue weighted by Gasteiger charge is 2.11. The summed E-state index contributed by atoms with van der Waals surface area (Å²) in [4.78, 5) is 21.7. The molecule has 0 saturated heterocycles. The molecule has 0 saturated carbocycles. The van der Waals surface area contributed by atoms with Crippen molar-refractivity contribution in [1.82, 2.24) is 0 Å². The molecule has 2 rings (SSSR count). The smallest absolute Gasteiger partial charge is 0.372 e. The maximum Gasteiger partial charge on any atom is 0.372 e. The van der Waals surface area contributed by atoms with E-state index in [2.05, 4.69) is 17.9 Å². The first kappa shape index (κ1) is 16.0. The molecule has 0 spiro atoms. The number of carbonyl (C=O) groups excluding carboxylic acids is 1. The van der Waals surface area contributed by atoms with Gasteiger partial charge in [0.2, 0.25) is 5.78 Å². The number of benzene rings is 2. The number of carboxylic acid groups (broad SMARTS) is 1. The van der Waals surface area contributed by atoms with Crippen LogP contribution in [0.4, 0.5) is 0 Å². The molecule has 2 aromatic rings. The predicted molar refractivity (Wildman–Crippen MR) is 84.7 cm³/mol. The molecule has 0 aliphatic rings. The molecule has 0 aliphatic carbocycles. The van der Waals surface area contributed by atoms with Gasteiger partial charge in [0.05, 0.1) is 5.56 Å². The molecule has 0 radical (unpaired) electrons. The summed E-state index contributed by atoms with van der Waals surface area (Å²) in [5.74, 6) is 3.63. The van der Waals surface area contributed by atoms with Gasteiger partial charge >= 0.3 is 5.97 Å². The first-order chi connectivity index (χ1) is 11.0. The van der Waals surface area contributed by atoms with Gasteiger partial charge in [0.1, 0.15) is 6.07 Å². The predicted octanol–water partition coefficient (Wildman–Crippen LogP) is 2.46. The molecule has 4 heteroatoms. The van der Waals surface area contributed by atoms with Crippen molar-refractivity contribution in [2.75, 3.05) is 0 Å². The fourth-order valence-electron chi connectivity index (χ4n) is 1.97. The van der Waals surface area contributed by atoms with Crippen LogP contribution in [0.1, 0.15) is 27.8 Å². The average molecular weight is 303 g/mol. The van der Waals surface area contributed by atoms with Gasteiger partial charge < -0.3 is 5.11 Å². The van der Waals surface area contributed by atoms with Crippen molar-refractivity contribution in [2.24, 2.45) is 0 Å². The zero-order chi connectivity index (χ0) is 16.8. The largest absolute Gasteiger partial charge is 0.475 e. The first-order valence-electron chi connectivity index (χ1n) is 6.87. The summed E-state index contributed by atoms with van der Waals surface area (Å²) < 4.78 is 0. The molecule has 112 valence electrons. The van der Waals surface area contributed by atoms with E-state index in [0.29, 0.717) is 16.7 Å². The minimum absolute atomic E-state index is 0.139. The number of nitrogens with zero attached hydrogens (tertiary/aromatic N) is 1. The molecule has 1 N–H and O–H groups in total. The highest BCUT2D eigenvalue weighted by molar-refractivity contribution is 6.33. The van der Waals surface area contributed by atoms with Crippen molar-refractivity contribution in [1.29, 1.82) is 5.26 Å². The fourth-order valence-corrected chi connectivity index (χ4v) is 1.97. The van der Waals surface area contributed by atoms with Crippen molar-refractivity contribution in [3.8, 4) is 17.9 Å². The van der Waals surface area contributed by atoms with E-state index < -0.39 is 11.8 Å². The van der Waals surface area contributed by atoms with Gasteiger partial charge in [-0.1, -0.05) is 30.0 Å². The van der Waals surface area contributed by atoms with Gasteiger partial charge in [0.25, 0.3) is 0 Å². The van der Waals surface area contributed by atoms with Crippen LogP contribution < -0.4 is 0 Å². The van der Waals surface area contributed by atoms with E-state index in [1.807, 2.05) is 13.0 Å². The number of rotatable bonds is 3. The first-order valence-corrected chi connectivity index (χ1v) is 6.87. The lowest BCUT2D eigenvalue weighted by Gasteiger charge is -1.99. The van der Waals surface area contributed by atoms with Crippen LogP contribution in [0.25, 0.3) is 0 Å². The van der Waals surface area contributed by atoms with Crippen LogP contribution in [-0.2, 0) is 16.0 Å². The number of hydrogen-bond donors (Lipinski definition) is 1. The van der Waals surface area contributed by atoms with Gasteiger partial charge in [-0.3, -0.25) is 4.79 Å². The van der Waals surface area contributed by atoms with Crippen LogP contribution >= 0.6 is 0 Å². The van der Waals surface area contributed by atoms with Crippen molar-refractivity contribution < 1.29 is 14.7 Å². The second-order valence-electron chi connectivity index (χ2n) is 5.01. The Morgan fingerprint density at radius 1 is 1.04 bits per heavy atom. The molecule has 23 heavy (non-hydrogen) atoms. The molecule has 0 atom stereocenters. The normalized spacial score (nSPS) is 9.39. The molecule has 4 nitrogen and oxygen atoms in total. The number of Topliss-reactive ketones (excluding diaryl/α,β-unsaturated/α-hetero) is 1. The van der Waals surface area contributed by atoms with E-state index in [4.69, 9.17) is 10.4 Å². The average Bonchev–Trinajstić information content (AvgIpc) is 2.54. The van der Waals surface area contributed by atoms with Crippen LogP contribution in [0.3, 0.4) is 0 Å². The van der Waals surface area contributed by atoms with Crippen LogP contribution in [0, 0.1) is 30.1 Å². The number of ketones is 1. The van der Waals surface area contributed by atoms with E-state index in [1.54, 1.807) is 36.4 Å². The van der Waals surface area contributed by atoms with Gasteiger partial charge in [0, 0.05) is 17.5 Å². The third kappa shape index (κ3) is 4.30. The number of carboxylic acids is 1. The van der Waals surface area contributed by atoms with E-state index in [0.717, 1.165) is 11.1 Å². The second kappa shape index (κ2) is 7.06. The molecule has 0 fully saturated rings. The lowest BCUT2D eigenvalue weighted by Crippen LogP contribution is -2.14. The number of carbonyl (C=O) groups is 2. The van der Waals surface area contributed by atoms with E-state index in [9.17, 15) is 9.59 Å². The molecule has 0 aliphatic heterocycles. The van der Waals surface area contributed by atoms with Gasteiger partial charge in [-0.2, -0.15) is 5.26 Å². The van der Waals surface area contributed by atoms with E-state index >= 15 is 0 Å². The molecule has 0 aromatic heterocycles. The number of nitriles is 1. The number of aliphatic carboxylic acids is 1. The maximum absolute atomic E-state index is 11.1. The second-order valence-corrected chi connectivity index (χ2v) is 5.01.